The topological polar surface area (TPSA) is 54.7 Å². The predicted molar refractivity (Wildman–Crippen MR) is 63.4 cm³/mol. The van der Waals surface area contributed by atoms with Crippen molar-refractivity contribution in [1.82, 2.24) is 9.97 Å². The molecule has 1 heterocycles. The van der Waals surface area contributed by atoms with Crippen molar-refractivity contribution in [3.8, 4) is 0 Å². The number of nitrogens with two attached hydrogens (primary N) is 1. The lowest BCUT2D eigenvalue weighted by Crippen LogP contribution is -2.13. The zero-order chi connectivity index (χ0) is 10.7. The number of hydrogen-bond acceptors (Lipinski definition) is 2. The fraction of sp³-hybridized carbons (Fsp3) is 0.182. The minimum atomic E-state index is 0.00273. The van der Waals surface area contributed by atoms with Gasteiger partial charge < -0.3 is 10.7 Å². The van der Waals surface area contributed by atoms with Gasteiger partial charge in [0.05, 0.1) is 6.33 Å². The Hall–Kier alpha value is -1.13. The zero-order valence-corrected chi connectivity index (χ0v) is 9.74. The normalized spacial score (nSPS) is 12.7. The number of halogens is 1. The van der Waals surface area contributed by atoms with Crippen LogP contribution in [-0.4, -0.2) is 9.97 Å². The summed E-state index contributed by atoms with van der Waals surface area (Å²) in [5.74, 6) is 0. The molecule has 3 N–H and O–H groups in total. The summed E-state index contributed by atoms with van der Waals surface area (Å²) in [6.45, 7) is 0. The van der Waals surface area contributed by atoms with Crippen molar-refractivity contribution < 1.29 is 0 Å². The van der Waals surface area contributed by atoms with Gasteiger partial charge in [0, 0.05) is 28.8 Å². The molecule has 0 spiro atoms. The predicted octanol–water partition coefficient (Wildman–Crippen LogP) is 2.41. The fourth-order valence-corrected chi connectivity index (χ4v) is 1.91. The van der Waals surface area contributed by atoms with Crippen LogP contribution in [0.1, 0.15) is 17.3 Å². The van der Waals surface area contributed by atoms with Gasteiger partial charge in [0.1, 0.15) is 0 Å². The maximum absolute atomic E-state index is 6.09. The van der Waals surface area contributed by atoms with E-state index in [2.05, 4.69) is 25.9 Å². The quantitative estimate of drug-likeness (QED) is 0.896. The van der Waals surface area contributed by atoms with Crippen LogP contribution in [0.2, 0.25) is 0 Å². The van der Waals surface area contributed by atoms with E-state index in [1.807, 2.05) is 24.3 Å². The van der Waals surface area contributed by atoms with Crippen molar-refractivity contribution in [1.29, 1.82) is 0 Å². The number of nitrogens with zero attached hydrogens (tertiary/aromatic N) is 1. The maximum atomic E-state index is 6.09. The molecule has 0 radical (unpaired) electrons. The van der Waals surface area contributed by atoms with Gasteiger partial charge in [0.15, 0.2) is 0 Å². The number of H-pyrrole nitrogens is 1. The highest BCUT2D eigenvalue weighted by Gasteiger charge is 2.07. The van der Waals surface area contributed by atoms with Crippen LogP contribution >= 0.6 is 15.9 Å². The molecule has 78 valence electrons. The van der Waals surface area contributed by atoms with Crippen molar-refractivity contribution in [2.24, 2.45) is 5.73 Å². The molecule has 2 rings (SSSR count). The van der Waals surface area contributed by atoms with Crippen LogP contribution in [-0.2, 0) is 6.42 Å². The molecule has 0 bridgehead atoms. The van der Waals surface area contributed by atoms with E-state index >= 15 is 0 Å². The van der Waals surface area contributed by atoms with Gasteiger partial charge in [-0.05, 0) is 17.7 Å². The molecule has 0 saturated heterocycles. The van der Waals surface area contributed by atoms with Gasteiger partial charge >= 0.3 is 0 Å². The fourth-order valence-electron chi connectivity index (χ4n) is 1.49. The summed E-state index contributed by atoms with van der Waals surface area (Å²) in [6, 6.07) is 8.06. The molecule has 1 atom stereocenters. The van der Waals surface area contributed by atoms with Gasteiger partial charge in [-0.1, -0.05) is 28.1 Å². The molecular weight excluding hydrogens is 254 g/mol. The van der Waals surface area contributed by atoms with Crippen LogP contribution < -0.4 is 5.73 Å². The highest BCUT2D eigenvalue weighted by Crippen LogP contribution is 2.18. The Morgan fingerprint density at radius 2 is 2.33 bits per heavy atom. The Morgan fingerprint density at radius 3 is 3.00 bits per heavy atom. The summed E-state index contributed by atoms with van der Waals surface area (Å²) in [5, 5.41) is 0. The van der Waals surface area contributed by atoms with E-state index in [9.17, 15) is 0 Å². The summed E-state index contributed by atoms with van der Waals surface area (Å²) in [7, 11) is 0. The third kappa shape index (κ3) is 2.67. The van der Waals surface area contributed by atoms with E-state index in [-0.39, 0.29) is 6.04 Å². The third-order valence-corrected chi connectivity index (χ3v) is 2.76. The molecule has 0 fully saturated rings. The van der Waals surface area contributed by atoms with Crippen molar-refractivity contribution in [2.45, 2.75) is 12.5 Å². The zero-order valence-electron chi connectivity index (χ0n) is 8.15. The van der Waals surface area contributed by atoms with Crippen molar-refractivity contribution in [3.63, 3.8) is 0 Å². The first-order valence-electron chi connectivity index (χ1n) is 4.74. The molecule has 0 saturated carbocycles. The molecule has 0 aliphatic carbocycles. The van der Waals surface area contributed by atoms with Crippen LogP contribution in [0.4, 0.5) is 0 Å². The monoisotopic (exact) mass is 265 g/mol. The van der Waals surface area contributed by atoms with E-state index in [4.69, 9.17) is 5.73 Å². The van der Waals surface area contributed by atoms with E-state index in [1.165, 1.54) is 0 Å². The average molecular weight is 266 g/mol. The highest BCUT2D eigenvalue weighted by atomic mass is 79.9. The standard InChI is InChI=1S/C11H12BrN3/c12-9-3-1-2-8(4-9)11(13)5-10-6-14-7-15-10/h1-4,6-7,11H,5,13H2,(H,14,15). The number of hydrogen-bond donors (Lipinski definition) is 2. The molecule has 0 aliphatic heterocycles. The second-order valence-corrected chi connectivity index (χ2v) is 4.36. The van der Waals surface area contributed by atoms with Crippen molar-refractivity contribution in [3.05, 3.63) is 52.5 Å². The van der Waals surface area contributed by atoms with Crippen LogP contribution in [0.25, 0.3) is 0 Å². The van der Waals surface area contributed by atoms with Gasteiger partial charge in [0.25, 0.3) is 0 Å². The van der Waals surface area contributed by atoms with Gasteiger partial charge in [-0.15, -0.1) is 0 Å². The Kier molecular flexibility index (Phi) is 3.18. The molecule has 2 aromatic rings. The van der Waals surface area contributed by atoms with Crippen molar-refractivity contribution >= 4 is 15.9 Å². The van der Waals surface area contributed by atoms with E-state index < -0.39 is 0 Å². The molecule has 4 heteroatoms. The van der Waals surface area contributed by atoms with Crippen molar-refractivity contribution in [2.75, 3.05) is 0 Å². The first-order valence-corrected chi connectivity index (χ1v) is 5.53. The number of nitrogens with one attached hydrogen (secondary N) is 1. The Balaban J connectivity index is 2.11. The van der Waals surface area contributed by atoms with Gasteiger partial charge in [-0.25, -0.2) is 4.98 Å². The molecular formula is C11H12BrN3. The number of aromatic nitrogens is 2. The molecule has 0 aliphatic rings. The first kappa shape index (κ1) is 10.4. The first-order chi connectivity index (χ1) is 7.25. The number of benzene rings is 1. The highest BCUT2D eigenvalue weighted by molar-refractivity contribution is 9.10. The Labute approximate surface area is 96.9 Å². The van der Waals surface area contributed by atoms with Crippen LogP contribution in [0.5, 0.6) is 0 Å². The van der Waals surface area contributed by atoms with Gasteiger partial charge in [-0.3, -0.25) is 0 Å². The molecule has 0 amide bonds. The maximum Gasteiger partial charge on any atom is 0.0921 e. The van der Waals surface area contributed by atoms with E-state index in [0.29, 0.717) is 0 Å². The molecule has 15 heavy (non-hydrogen) atoms. The largest absolute Gasteiger partial charge is 0.348 e. The van der Waals surface area contributed by atoms with Crippen LogP contribution in [0.3, 0.4) is 0 Å². The van der Waals surface area contributed by atoms with E-state index in [0.717, 1.165) is 22.2 Å². The number of imidazole rings is 1. The minimum absolute atomic E-state index is 0.00273. The number of aromatic amines is 1. The lowest BCUT2D eigenvalue weighted by atomic mass is 10.0. The summed E-state index contributed by atoms with van der Waals surface area (Å²) >= 11 is 3.43. The van der Waals surface area contributed by atoms with Gasteiger partial charge in [-0.2, -0.15) is 0 Å². The molecule has 3 nitrogen and oxygen atoms in total. The smallest absolute Gasteiger partial charge is 0.0921 e. The van der Waals surface area contributed by atoms with Crippen LogP contribution in [0, 0.1) is 0 Å². The summed E-state index contributed by atoms with van der Waals surface area (Å²) in [4.78, 5) is 7.02. The van der Waals surface area contributed by atoms with Gasteiger partial charge in [0.2, 0.25) is 0 Å². The molecule has 1 unspecified atom stereocenters. The molecule has 1 aromatic carbocycles. The van der Waals surface area contributed by atoms with E-state index in [1.54, 1.807) is 12.5 Å². The Morgan fingerprint density at radius 1 is 1.47 bits per heavy atom. The second-order valence-electron chi connectivity index (χ2n) is 3.44. The third-order valence-electron chi connectivity index (χ3n) is 2.27. The Bertz CT molecular complexity index is 425. The summed E-state index contributed by atoms with van der Waals surface area (Å²) < 4.78 is 1.06. The summed E-state index contributed by atoms with van der Waals surface area (Å²) in [6.07, 6.45) is 4.25. The lowest BCUT2D eigenvalue weighted by molar-refractivity contribution is 0.709. The second kappa shape index (κ2) is 4.59. The average Bonchev–Trinajstić information content (AvgIpc) is 2.70. The van der Waals surface area contributed by atoms with Crippen LogP contribution in [0.15, 0.2) is 41.3 Å². The minimum Gasteiger partial charge on any atom is -0.348 e. The lowest BCUT2D eigenvalue weighted by Gasteiger charge is -2.10. The number of rotatable bonds is 3. The molecule has 1 aromatic heterocycles. The SMILES string of the molecule is NC(Cc1cnc[nH]1)c1cccc(Br)c1. The summed E-state index contributed by atoms with van der Waals surface area (Å²) in [5.41, 5.74) is 8.27.